The summed E-state index contributed by atoms with van der Waals surface area (Å²) in [6.45, 7) is 7.67. The van der Waals surface area contributed by atoms with Gasteiger partial charge in [0.05, 0.1) is 10.4 Å². The fourth-order valence-corrected chi connectivity index (χ4v) is 3.06. The van der Waals surface area contributed by atoms with Gasteiger partial charge in [0.2, 0.25) is 0 Å². The Bertz CT molecular complexity index is 592. The molecule has 108 valence electrons. The van der Waals surface area contributed by atoms with E-state index in [9.17, 15) is 4.79 Å². The van der Waals surface area contributed by atoms with Crippen LogP contribution in [0, 0.1) is 0 Å². The number of hydrogen-bond acceptors (Lipinski definition) is 5. The summed E-state index contributed by atoms with van der Waals surface area (Å²) >= 11 is 1.39. The maximum Gasteiger partial charge on any atom is 0.263 e. The summed E-state index contributed by atoms with van der Waals surface area (Å²) in [4.78, 5) is 19.2. The molecule has 0 aliphatic rings. The molecule has 0 saturated carbocycles. The lowest BCUT2D eigenvalue weighted by atomic mass is 10.3. The Morgan fingerprint density at radius 2 is 2.20 bits per heavy atom. The highest BCUT2D eigenvalue weighted by Crippen LogP contribution is 2.31. The Morgan fingerprint density at radius 1 is 1.45 bits per heavy atom. The quantitative estimate of drug-likeness (QED) is 0.853. The van der Waals surface area contributed by atoms with E-state index < -0.39 is 0 Å². The van der Waals surface area contributed by atoms with E-state index in [0.29, 0.717) is 22.6 Å². The number of thiophene rings is 1. The monoisotopic (exact) mass is 292 g/mol. The average Bonchev–Trinajstić information content (AvgIpc) is 2.81. The van der Waals surface area contributed by atoms with Crippen molar-refractivity contribution in [1.29, 1.82) is 0 Å². The molecule has 2 heterocycles. The van der Waals surface area contributed by atoms with Gasteiger partial charge in [-0.1, -0.05) is 13.8 Å². The standard InChI is InChI=1S/C14H20N4OS/c1-3-18(4-2)9-8-17-14(19)13-11(15)12-10(20-13)6-5-7-16-12/h5-7H,3-4,8-9,15H2,1-2H3,(H,17,19). The van der Waals surface area contributed by atoms with Crippen molar-refractivity contribution in [3.63, 3.8) is 0 Å². The molecule has 6 heteroatoms. The van der Waals surface area contributed by atoms with E-state index in [1.807, 2.05) is 12.1 Å². The van der Waals surface area contributed by atoms with Gasteiger partial charge < -0.3 is 16.0 Å². The third-order valence-corrected chi connectivity index (χ3v) is 4.46. The summed E-state index contributed by atoms with van der Waals surface area (Å²) in [7, 11) is 0. The van der Waals surface area contributed by atoms with Crippen molar-refractivity contribution in [2.45, 2.75) is 13.8 Å². The third kappa shape index (κ3) is 3.08. The van der Waals surface area contributed by atoms with Crippen LogP contribution in [0.15, 0.2) is 18.3 Å². The summed E-state index contributed by atoms with van der Waals surface area (Å²) in [5, 5.41) is 2.92. The van der Waals surface area contributed by atoms with Crippen molar-refractivity contribution in [3.8, 4) is 0 Å². The molecule has 1 amide bonds. The highest BCUT2D eigenvalue weighted by molar-refractivity contribution is 7.21. The van der Waals surface area contributed by atoms with Crippen molar-refractivity contribution in [3.05, 3.63) is 23.2 Å². The number of likely N-dealkylation sites (N-methyl/N-ethyl adjacent to an activating group) is 1. The smallest absolute Gasteiger partial charge is 0.263 e. The minimum Gasteiger partial charge on any atom is -0.396 e. The maximum absolute atomic E-state index is 12.2. The lowest BCUT2D eigenvalue weighted by Gasteiger charge is -2.17. The Morgan fingerprint density at radius 3 is 2.85 bits per heavy atom. The van der Waals surface area contributed by atoms with Gasteiger partial charge in [-0.15, -0.1) is 11.3 Å². The molecule has 3 N–H and O–H groups in total. The van der Waals surface area contributed by atoms with Crippen molar-refractivity contribution in [1.82, 2.24) is 15.2 Å². The number of carbonyl (C=O) groups is 1. The van der Waals surface area contributed by atoms with Gasteiger partial charge in [-0.25, -0.2) is 0 Å². The van der Waals surface area contributed by atoms with Crippen molar-refractivity contribution < 1.29 is 4.79 Å². The van der Waals surface area contributed by atoms with Crippen molar-refractivity contribution in [2.75, 3.05) is 31.9 Å². The van der Waals surface area contributed by atoms with E-state index >= 15 is 0 Å². The molecular weight excluding hydrogens is 272 g/mol. The van der Waals surface area contributed by atoms with Crippen LogP contribution in [0.4, 0.5) is 5.69 Å². The van der Waals surface area contributed by atoms with Crippen LogP contribution in [0.5, 0.6) is 0 Å². The third-order valence-electron chi connectivity index (χ3n) is 3.30. The molecule has 0 aromatic carbocycles. The molecule has 0 bridgehead atoms. The first-order chi connectivity index (χ1) is 9.67. The fourth-order valence-electron chi connectivity index (χ4n) is 2.06. The molecule has 0 spiro atoms. The Kier molecular flexibility index (Phi) is 4.92. The van der Waals surface area contributed by atoms with E-state index in [1.54, 1.807) is 6.20 Å². The van der Waals surface area contributed by atoms with Crippen LogP contribution >= 0.6 is 11.3 Å². The zero-order valence-electron chi connectivity index (χ0n) is 11.8. The summed E-state index contributed by atoms with van der Waals surface area (Å²) in [6.07, 6.45) is 1.69. The molecule has 0 saturated heterocycles. The first-order valence-corrected chi connectivity index (χ1v) is 7.62. The van der Waals surface area contributed by atoms with Gasteiger partial charge in [-0.3, -0.25) is 9.78 Å². The van der Waals surface area contributed by atoms with Crippen LogP contribution in [0.2, 0.25) is 0 Å². The molecule has 0 atom stereocenters. The maximum atomic E-state index is 12.2. The summed E-state index contributed by atoms with van der Waals surface area (Å²) in [5.41, 5.74) is 7.19. The first kappa shape index (κ1) is 14.7. The van der Waals surface area contributed by atoms with E-state index in [0.717, 1.165) is 24.3 Å². The second kappa shape index (κ2) is 6.67. The number of pyridine rings is 1. The first-order valence-electron chi connectivity index (χ1n) is 6.80. The van der Waals surface area contributed by atoms with Crippen LogP contribution in [-0.2, 0) is 0 Å². The van der Waals surface area contributed by atoms with Crippen molar-refractivity contribution in [2.24, 2.45) is 0 Å². The van der Waals surface area contributed by atoms with E-state index in [-0.39, 0.29) is 5.91 Å². The lowest BCUT2D eigenvalue weighted by molar-refractivity contribution is 0.0954. The number of amides is 1. The SMILES string of the molecule is CCN(CC)CCNC(=O)c1sc2cccnc2c1N. The second-order valence-corrected chi connectivity index (χ2v) is 5.53. The van der Waals surface area contributed by atoms with Crippen LogP contribution < -0.4 is 11.1 Å². The van der Waals surface area contributed by atoms with Gasteiger partial charge in [-0.05, 0) is 25.2 Å². The molecule has 0 aliphatic heterocycles. The topological polar surface area (TPSA) is 71.2 Å². The number of nitrogen functional groups attached to an aromatic ring is 1. The molecule has 5 nitrogen and oxygen atoms in total. The van der Waals surface area contributed by atoms with Crippen LogP contribution in [-0.4, -0.2) is 42.0 Å². The van der Waals surface area contributed by atoms with Crippen LogP contribution in [0.3, 0.4) is 0 Å². The summed E-state index contributed by atoms with van der Waals surface area (Å²) in [6, 6.07) is 3.77. The predicted octanol–water partition coefficient (Wildman–Crippen LogP) is 1.95. The predicted molar refractivity (Wildman–Crippen MR) is 84.2 cm³/mol. The van der Waals surface area contributed by atoms with Gasteiger partial charge >= 0.3 is 0 Å². The minimum atomic E-state index is -0.113. The number of fused-ring (bicyclic) bond motifs is 1. The molecule has 0 fully saturated rings. The van der Waals surface area contributed by atoms with Gasteiger partial charge in [-0.2, -0.15) is 0 Å². The molecule has 2 aromatic rings. The molecule has 2 aromatic heterocycles. The normalized spacial score (nSPS) is 11.2. The Labute approximate surface area is 122 Å². The van der Waals surface area contributed by atoms with Gasteiger partial charge in [0.15, 0.2) is 0 Å². The Balaban J connectivity index is 2.03. The van der Waals surface area contributed by atoms with Gasteiger partial charge in [0.1, 0.15) is 10.4 Å². The summed E-state index contributed by atoms with van der Waals surface area (Å²) < 4.78 is 0.943. The fraction of sp³-hybridized carbons (Fsp3) is 0.429. The largest absolute Gasteiger partial charge is 0.396 e. The molecule has 0 aliphatic carbocycles. The summed E-state index contributed by atoms with van der Waals surface area (Å²) in [5.74, 6) is -0.113. The number of anilines is 1. The number of aromatic nitrogens is 1. The van der Waals surface area contributed by atoms with E-state index in [1.165, 1.54) is 11.3 Å². The number of hydrogen-bond donors (Lipinski definition) is 2. The zero-order valence-corrected chi connectivity index (χ0v) is 12.7. The van der Waals surface area contributed by atoms with E-state index in [4.69, 9.17) is 5.73 Å². The van der Waals surface area contributed by atoms with Crippen LogP contribution in [0.1, 0.15) is 23.5 Å². The number of rotatable bonds is 6. The molecule has 0 radical (unpaired) electrons. The number of carbonyl (C=O) groups excluding carboxylic acids is 1. The lowest BCUT2D eigenvalue weighted by Crippen LogP contribution is -2.34. The molecular formula is C14H20N4OS. The van der Waals surface area contributed by atoms with Crippen molar-refractivity contribution >= 4 is 33.1 Å². The second-order valence-electron chi connectivity index (χ2n) is 4.48. The average molecular weight is 292 g/mol. The molecule has 20 heavy (non-hydrogen) atoms. The highest BCUT2D eigenvalue weighted by Gasteiger charge is 2.16. The number of nitrogens with one attached hydrogen (secondary N) is 1. The number of nitrogens with two attached hydrogens (primary N) is 1. The van der Waals surface area contributed by atoms with Gasteiger partial charge in [0.25, 0.3) is 5.91 Å². The molecule has 2 rings (SSSR count). The number of nitrogens with zero attached hydrogens (tertiary/aromatic N) is 2. The highest BCUT2D eigenvalue weighted by atomic mass is 32.1. The van der Waals surface area contributed by atoms with E-state index in [2.05, 4.69) is 29.0 Å². The zero-order chi connectivity index (χ0) is 14.5. The molecule has 0 unspecified atom stereocenters. The van der Waals surface area contributed by atoms with Crippen LogP contribution in [0.25, 0.3) is 10.2 Å². The Hall–Kier alpha value is -1.66. The van der Waals surface area contributed by atoms with Gasteiger partial charge in [0, 0.05) is 19.3 Å². The minimum absolute atomic E-state index is 0.113.